The number of carboxylic acid groups (broad SMARTS) is 1. The van der Waals surface area contributed by atoms with Crippen LogP contribution in [0.25, 0.3) is 0 Å². The number of nitrogens with zero attached hydrogens (tertiary/aromatic N) is 3. The minimum absolute atomic E-state index is 0.0362. The topological polar surface area (TPSA) is 96.5 Å². The summed E-state index contributed by atoms with van der Waals surface area (Å²) in [5.41, 5.74) is 0. The van der Waals surface area contributed by atoms with E-state index in [0.717, 1.165) is 11.8 Å². The molecule has 16 heavy (non-hydrogen) atoms. The number of carbonyl (C=O) groups is 2. The number of thioether (sulfide) groups is 1. The van der Waals surface area contributed by atoms with Gasteiger partial charge in [-0.3, -0.25) is 9.59 Å². The Morgan fingerprint density at radius 2 is 2.19 bits per heavy atom. The summed E-state index contributed by atoms with van der Waals surface area (Å²) in [6, 6.07) is 0. The van der Waals surface area contributed by atoms with Gasteiger partial charge < -0.3 is 14.5 Å². The molecule has 0 radical (unpaired) electrons. The Kier molecular flexibility index (Phi) is 4.29. The van der Waals surface area contributed by atoms with Gasteiger partial charge in [0.2, 0.25) is 0 Å². The predicted molar refractivity (Wildman–Crippen MR) is 56.1 cm³/mol. The normalized spacial score (nSPS) is 10.1. The zero-order chi connectivity index (χ0) is 12.1. The Balaban J connectivity index is 2.51. The molecule has 0 saturated heterocycles. The Morgan fingerprint density at radius 3 is 2.75 bits per heavy atom. The highest BCUT2D eigenvalue weighted by molar-refractivity contribution is 7.99. The van der Waals surface area contributed by atoms with E-state index in [-0.39, 0.29) is 17.6 Å². The van der Waals surface area contributed by atoms with Crippen LogP contribution in [-0.2, 0) is 10.5 Å². The minimum atomic E-state index is -0.905. The van der Waals surface area contributed by atoms with E-state index in [2.05, 4.69) is 10.1 Å². The van der Waals surface area contributed by atoms with Crippen molar-refractivity contribution in [1.82, 2.24) is 15.0 Å². The van der Waals surface area contributed by atoms with Gasteiger partial charge in [0.05, 0.1) is 11.5 Å². The van der Waals surface area contributed by atoms with Crippen molar-refractivity contribution < 1.29 is 19.2 Å². The molecule has 0 aliphatic rings. The number of rotatable bonds is 5. The molecular formula is C8H11N3O4S. The van der Waals surface area contributed by atoms with Crippen LogP contribution in [0.4, 0.5) is 0 Å². The summed E-state index contributed by atoms with van der Waals surface area (Å²) in [6.07, 6.45) is 0. The molecule has 0 aliphatic heterocycles. The molecule has 0 unspecified atom stereocenters. The molecule has 0 spiro atoms. The summed E-state index contributed by atoms with van der Waals surface area (Å²) in [5.74, 6) is -0.783. The van der Waals surface area contributed by atoms with E-state index in [1.54, 1.807) is 14.1 Å². The van der Waals surface area contributed by atoms with Gasteiger partial charge in [0.15, 0.2) is 5.82 Å². The molecule has 0 aromatic carbocycles. The Morgan fingerprint density at radius 1 is 1.50 bits per heavy atom. The van der Waals surface area contributed by atoms with Gasteiger partial charge in [-0.05, 0) is 0 Å². The molecule has 88 valence electrons. The number of amides is 1. The summed E-state index contributed by atoms with van der Waals surface area (Å²) < 4.78 is 4.73. The quantitative estimate of drug-likeness (QED) is 0.785. The second kappa shape index (κ2) is 5.50. The molecule has 1 aromatic heterocycles. The molecule has 0 fully saturated rings. The van der Waals surface area contributed by atoms with Crippen LogP contribution in [0.5, 0.6) is 0 Å². The first-order valence-corrected chi connectivity index (χ1v) is 5.50. The maximum atomic E-state index is 11.4. The zero-order valence-electron chi connectivity index (χ0n) is 8.84. The van der Waals surface area contributed by atoms with Gasteiger partial charge >= 0.3 is 17.8 Å². The van der Waals surface area contributed by atoms with Crippen LogP contribution < -0.4 is 0 Å². The first kappa shape index (κ1) is 12.5. The molecule has 8 heteroatoms. The van der Waals surface area contributed by atoms with Crippen LogP contribution >= 0.6 is 11.8 Å². The van der Waals surface area contributed by atoms with Crippen molar-refractivity contribution >= 4 is 23.6 Å². The van der Waals surface area contributed by atoms with E-state index >= 15 is 0 Å². The fourth-order valence-corrected chi connectivity index (χ4v) is 1.40. The first-order chi connectivity index (χ1) is 7.50. The van der Waals surface area contributed by atoms with E-state index in [4.69, 9.17) is 9.63 Å². The number of carbonyl (C=O) groups excluding carboxylic acids is 1. The monoisotopic (exact) mass is 245 g/mol. The van der Waals surface area contributed by atoms with Crippen molar-refractivity contribution in [3.63, 3.8) is 0 Å². The van der Waals surface area contributed by atoms with Gasteiger partial charge in [0, 0.05) is 14.1 Å². The summed E-state index contributed by atoms with van der Waals surface area (Å²) in [7, 11) is 3.15. The zero-order valence-corrected chi connectivity index (χ0v) is 9.65. The number of hydrogen-bond donors (Lipinski definition) is 1. The fourth-order valence-electron chi connectivity index (χ4n) is 0.820. The number of hydrogen-bond acceptors (Lipinski definition) is 6. The molecule has 1 amide bonds. The number of aliphatic carboxylic acids is 1. The van der Waals surface area contributed by atoms with Crippen molar-refractivity contribution in [2.75, 3.05) is 19.8 Å². The van der Waals surface area contributed by atoms with E-state index in [9.17, 15) is 9.59 Å². The molecular weight excluding hydrogens is 234 g/mol. The highest BCUT2D eigenvalue weighted by atomic mass is 32.2. The lowest BCUT2D eigenvalue weighted by Crippen LogP contribution is -2.21. The second-order valence-corrected chi connectivity index (χ2v) is 4.09. The van der Waals surface area contributed by atoms with Crippen molar-refractivity contribution in [2.24, 2.45) is 0 Å². The smallest absolute Gasteiger partial charge is 0.316 e. The molecule has 0 atom stereocenters. The van der Waals surface area contributed by atoms with E-state index in [1.165, 1.54) is 4.90 Å². The summed E-state index contributed by atoms with van der Waals surface area (Å²) in [5, 5.41) is 12.0. The van der Waals surface area contributed by atoms with E-state index < -0.39 is 5.97 Å². The second-order valence-electron chi connectivity index (χ2n) is 3.10. The van der Waals surface area contributed by atoms with Gasteiger partial charge in [-0.15, -0.1) is 11.8 Å². The van der Waals surface area contributed by atoms with Gasteiger partial charge in [-0.25, -0.2) is 0 Å². The predicted octanol–water partition coefficient (Wildman–Crippen LogP) is 0.0892. The number of aromatic nitrogens is 2. The van der Waals surface area contributed by atoms with Crippen LogP contribution in [0.1, 0.15) is 16.5 Å². The SMILES string of the molecule is CN(C)C(=O)c1nc(CSCC(=O)O)no1. The Hall–Kier alpha value is -1.57. The first-order valence-electron chi connectivity index (χ1n) is 4.34. The molecule has 1 heterocycles. The summed E-state index contributed by atoms with van der Waals surface area (Å²) in [4.78, 5) is 26.8. The summed E-state index contributed by atoms with van der Waals surface area (Å²) in [6.45, 7) is 0. The average Bonchev–Trinajstić information content (AvgIpc) is 2.64. The lowest BCUT2D eigenvalue weighted by atomic mass is 10.5. The van der Waals surface area contributed by atoms with Gasteiger partial charge in [-0.2, -0.15) is 4.98 Å². The van der Waals surface area contributed by atoms with Crippen molar-refractivity contribution in [3.05, 3.63) is 11.7 Å². The van der Waals surface area contributed by atoms with E-state index in [1.807, 2.05) is 0 Å². The van der Waals surface area contributed by atoms with Gasteiger partial charge in [0.1, 0.15) is 0 Å². The van der Waals surface area contributed by atoms with Crippen LogP contribution in [0.3, 0.4) is 0 Å². The summed E-state index contributed by atoms with van der Waals surface area (Å²) >= 11 is 1.14. The molecule has 1 N–H and O–H groups in total. The van der Waals surface area contributed by atoms with Crippen LogP contribution in [0.2, 0.25) is 0 Å². The van der Waals surface area contributed by atoms with Crippen LogP contribution in [0.15, 0.2) is 4.52 Å². The van der Waals surface area contributed by atoms with Crippen LogP contribution in [-0.4, -0.2) is 51.9 Å². The highest BCUT2D eigenvalue weighted by Crippen LogP contribution is 2.09. The standard InChI is InChI=1S/C8H11N3O4S/c1-11(2)8(14)7-9-5(10-15-7)3-16-4-6(12)13/h3-4H2,1-2H3,(H,12,13). The largest absolute Gasteiger partial charge is 0.481 e. The maximum absolute atomic E-state index is 11.4. The average molecular weight is 245 g/mol. The highest BCUT2D eigenvalue weighted by Gasteiger charge is 2.16. The number of carboxylic acids is 1. The molecule has 1 rings (SSSR count). The lowest BCUT2D eigenvalue weighted by Gasteiger charge is -2.04. The lowest BCUT2D eigenvalue weighted by molar-refractivity contribution is -0.133. The third kappa shape index (κ3) is 3.54. The molecule has 1 aromatic rings. The van der Waals surface area contributed by atoms with E-state index in [0.29, 0.717) is 11.6 Å². The third-order valence-electron chi connectivity index (χ3n) is 1.51. The van der Waals surface area contributed by atoms with Crippen molar-refractivity contribution in [2.45, 2.75) is 5.75 Å². The molecule has 0 saturated carbocycles. The fraction of sp³-hybridized carbons (Fsp3) is 0.500. The Labute approximate surface area is 95.8 Å². The maximum Gasteiger partial charge on any atom is 0.316 e. The third-order valence-corrected chi connectivity index (χ3v) is 2.43. The molecule has 0 aliphatic carbocycles. The Bertz CT molecular complexity index is 390. The molecule has 7 nitrogen and oxygen atoms in total. The van der Waals surface area contributed by atoms with Crippen LogP contribution in [0, 0.1) is 0 Å². The van der Waals surface area contributed by atoms with Crippen molar-refractivity contribution in [1.29, 1.82) is 0 Å². The van der Waals surface area contributed by atoms with Gasteiger partial charge in [-0.1, -0.05) is 5.16 Å². The molecule has 0 bridgehead atoms. The minimum Gasteiger partial charge on any atom is -0.481 e. The van der Waals surface area contributed by atoms with Gasteiger partial charge in [0.25, 0.3) is 0 Å². The van der Waals surface area contributed by atoms with Crippen molar-refractivity contribution in [3.8, 4) is 0 Å².